The molecule has 0 saturated heterocycles. The van der Waals surface area contributed by atoms with Crippen LogP contribution in [0.1, 0.15) is 13.3 Å². The number of alkyl halides is 5. The van der Waals surface area contributed by atoms with Gasteiger partial charge in [-0.2, -0.15) is 22.0 Å². The molecule has 0 rings (SSSR count). The topological polar surface area (TPSA) is 78.8 Å². The Bertz CT molecular complexity index is 257. The van der Waals surface area contributed by atoms with Crippen molar-refractivity contribution in [3.05, 3.63) is 0 Å². The zero-order chi connectivity index (χ0) is 16.2. The lowest BCUT2D eigenvalue weighted by Gasteiger charge is -2.17. The second kappa shape index (κ2) is 10.7. The fourth-order valence-electron chi connectivity index (χ4n) is 0.684. The molecule has 0 aromatic heterocycles. The van der Waals surface area contributed by atoms with Gasteiger partial charge in [0, 0.05) is 13.1 Å². The third kappa shape index (κ3) is 8.99. The van der Waals surface area contributed by atoms with Crippen molar-refractivity contribution in [2.24, 2.45) is 0 Å². The molecule has 20 heavy (non-hydrogen) atoms. The maximum absolute atomic E-state index is 12.0. The van der Waals surface area contributed by atoms with Crippen molar-refractivity contribution in [3.8, 4) is 0 Å². The Hall–Kier alpha value is -1.00. The van der Waals surface area contributed by atoms with Crippen LogP contribution in [-0.4, -0.2) is 61.2 Å². The van der Waals surface area contributed by atoms with Gasteiger partial charge in [-0.15, -0.1) is 0 Å². The van der Waals surface area contributed by atoms with Crippen LogP contribution in [0.3, 0.4) is 0 Å². The highest BCUT2D eigenvalue weighted by Crippen LogP contribution is 2.36. The summed E-state index contributed by atoms with van der Waals surface area (Å²) in [5.74, 6) is -7.97. The molecule has 122 valence electrons. The molecule has 0 unspecified atom stereocenters. The van der Waals surface area contributed by atoms with Crippen LogP contribution in [0.2, 0.25) is 0 Å². The van der Waals surface area contributed by atoms with Crippen molar-refractivity contribution < 1.29 is 41.7 Å². The van der Waals surface area contributed by atoms with Crippen molar-refractivity contribution in [1.82, 2.24) is 5.32 Å². The Morgan fingerprint density at radius 1 is 1.10 bits per heavy atom. The molecule has 0 aromatic carbocycles. The van der Waals surface area contributed by atoms with Crippen LogP contribution in [-0.2, 0) is 9.53 Å². The Labute approximate surface area is 112 Å². The minimum Gasteiger partial charge on any atom is -0.461 e. The molecule has 0 aliphatic rings. The molecule has 0 amide bonds. The van der Waals surface area contributed by atoms with E-state index in [-0.39, 0.29) is 19.6 Å². The molecule has 0 spiro atoms. The van der Waals surface area contributed by atoms with Crippen LogP contribution in [0.25, 0.3) is 0 Å². The lowest BCUT2D eigenvalue weighted by molar-refractivity contribution is -0.280. The van der Waals surface area contributed by atoms with Crippen LogP contribution in [0.15, 0.2) is 0 Å². The molecule has 0 saturated carbocycles. The van der Waals surface area contributed by atoms with Gasteiger partial charge in [-0.1, -0.05) is 6.92 Å². The first-order chi connectivity index (χ1) is 9.15. The van der Waals surface area contributed by atoms with Crippen molar-refractivity contribution >= 4 is 5.97 Å². The summed E-state index contributed by atoms with van der Waals surface area (Å²) in [6.07, 6.45) is -5.71. The van der Waals surface area contributed by atoms with Crippen LogP contribution >= 0.6 is 0 Å². The third-order valence-electron chi connectivity index (χ3n) is 1.63. The summed E-state index contributed by atoms with van der Waals surface area (Å²) < 4.78 is 62.2. The number of aliphatic hydroxyl groups is 2. The van der Waals surface area contributed by atoms with Crippen molar-refractivity contribution in [3.63, 3.8) is 0 Å². The molecule has 5 nitrogen and oxygen atoms in total. The highest BCUT2D eigenvalue weighted by atomic mass is 19.4. The summed E-state index contributed by atoms with van der Waals surface area (Å²) in [7, 11) is 0. The number of rotatable bonds is 7. The molecule has 0 radical (unpaired) electrons. The highest BCUT2D eigenvalue weighted by Gasteiger charge is 2.64. The minimum absolute atomic E-state index is 0.139. The van der Waals surface area contributed by atoms with E-state index in [1.54, 1.807) is 0 Å². The van der Waals surface area contributed by atoms with Crippen LogP contribution in [0.4, 0.5) is 22.0 Å². The predicted octanol–water partition coefficient (Wildman–Crippen LogP) is 0.698. The quantitative estimate of drug-likeness (QED) is 0.366. The van der Waals surface area contributed by atoms with E-state index >= 15 is 0 Å². The zero-order valence-electron chi connectivity index (χ0n) is 10.8. The van der Waals surface area contributed by atoms with Gasteiger partial charge in [0.2, 0.25) is 0 Å². The van der Waals surface area contributed by atoms with Gasteiger partial charge in [0.25, 0.3) is 0 Å². The number of hydrogen-bond donors (Lipinski definition) is 3. The lowest BCUT2D eigenvalue weighted by atomic mass is 10.3. The summed E-state index contributed by atoms with van der Waals surface area (Å²) in [6, 6.07) is 0. The Balaban J connectivity index is 0. The second-order valence-corrected chi connectivity index (χ2v) is 3.41. The average Bonchev–Trinajstić information content (AvgIpc) is 2.36. The summed E-state index contributed by atoms with van der Waals surface area (Å²) in [5, 5.41) is 19.1. The normalized spacial score (nSPS) is 11.6. The molecular weight excluding hydrogens is 293 g/mol. The fourth-order valence-corrected chi connectivity index (χ4v) is 0.684. The summed E-state index contributed by atoms with van der Waals surface area (Å²) in [6.45, 7) is 2.44. The largest absolute Gasteiger partial charge is 0.465 e. The number of ether oxygens (including phenoxy) is 1. The van der Waals surface area contributed by atoms with Crippen LogP contribution < -0.4 is 5.32 Å². The van der Waals surface area contributed by atoms with Crippen molar-refractivity contribution in [2.45, 2.75) is 25.4 Å². The molecule has 0 bridgehead atoms. The third-order valence-corrected chi connectivity index (χ3v) is 1.63. The van der Waals surface area contributed by atoms with Crippen molar-refractivity contribution in [2.75, 3.05) is 32.9 Å². The number of aliphatic hydroxyl groups excluding tert-OH is 2. The van der Waals surface area contributed by atoms with E-state index in [0.717, 1.165) is 0 Å². The lowest BCUT2D eigenvalue weighted by Crippen LogP contribution is -2.45. The molecule has 0 aromatic rings. The number of carbonyl (C=O) groups excluding carboxylic acids is 1. The second-order valence-electron chi connectivity index (χ2n) is 3.41. The van der Waals surface area contributed by atoms with E-state index in [1.165, 1.54) is 6.92 Å². The Kier molecular flexibility index (Phi) is 11.4. The molecule has 0 fully saturated rings. The van der Waals surface area contributed by atoms with Crippen LogP contribution in [0, 0.1) is 0 Å². The zero-order valence-corrected chi connectivity index (χ0v) is 10.8. The summed E-state index contributed by atoms with van der Waals surface area (Å²) >= 11 is 0. The van der Waals surface area contributed by atoms with Gasteiger partial charge in [-0.05, 0) is 6.42 Å². The number of halogens is 5. The van der Waals surface area contributed by atoms with Gasteiger partial charge in [0.15, 0.2) is 0 Å². The van der Waals surface area contributed by atoms with Gasteiger partial charge in [-0.3, -0.25) is 0 Å². The number of carbonyl (C=O) groups is 1. The summed E-state index contributed by atoms with van der Waals surface area (Å²) in [4.78, 5) is 10.2. The van der Waals surface area contributed by atoms with Gasteiger partial charge in [0.1, 0.15) is 0 Å². The van der Waals surface area contributed by atoms with E-state index < -0.39 is 24.7 Å². The molecule has 0 aliphatic heterocycles. The number of esters is 1. The van der Waals surface area contributed by atoms with Crippen molar-refractivity contribution in [1.29, 1.82) is 0 Å². The SMILES string of the molecule is CCCOC(=O)C(F)(F)C(F)(F)F.OCCNCCO. The first-order valence-corrected chi connectivity index (χ1v) is 5.69. The fraction of sp³-hybridized carbons (Fsp3) is 0.900. The van der Waals surface area contributed by atoms with E-state index in [1.807, 2.05) is 0 Å². The maximum Gasteiger partial charge on any atom is 0.465 e. The molecule has 0 heterocycles. The van der Waals surface area contributed by atoms with E-state index in [9.17, 15) is 26.7 Å². The Morgan fingerprint density at radius 3 is 1.85 bits per heavy atom. The maximum atomic E-state index is 12.0. The minimum atomic E-state index is -5.89. The van der Waals surface area contributed by atoms with E-state index in [4.69, 9.17) is 10.2 Å². The van der Waals surface area contributed by atoms with Gasteiger partial charge in [0.05, 0.1) is 19.8 Å². The standard InChI is InChI=1S/C6H7F5O2.C4H11NO2/c1-2-3-13-4(12)5(7,8)6(9,10)11;6-3-1-5-2-4-7/h2-3H2,1H3;5-7H,1-4H2. The molecule has 0 aliphatic carbocycles. The first kappa shape index (κ1) is 21.3. The van der Waals surface area contributed by atoms with E-state index in [0.29, 0.717) is 13.1 Å². The van der Waals surface area contributed by atoms with Gasteiger partial charge >= 0.3 is 18.1 Å². The molecule has 0 atom stereocenters. The monoisotopic (exact) mass is 311 g/mol. The average molecular weight is 311 g/mol. The number of hydrogen-bond acceptors (Lipinski definition) is 5. The predicted molar refractivity (Wildman–Crippen MR) is 59.3 cm³/mol. The molecule has 10 heteroatoms. The smallest absolute Gasteiger partial charge is 0.461 e. The van der Waals surface area contributed by atoms with Gasteiger partial charge in [-0.25, -0.2) is 4.79 Å². The van der Waals surface area contributed by atoms with E-state index in [2.05, 4.69) is 10.1 Å². The highest BCUT2D eigenvalue weighted by molar-refractivity contribution is 5.78. The summed E-state index contributed by atoms with van der Waals surface area (Å²) in [5.41, 5.74) is 0. The molecular formula is C10H18F5NO4. The molecule has 3 N–H and O–H groups in total. The number of nitrogens with one attached hydrogen (secondary N) is 1. The Morgan fingerprint density at radius 2 is 1.55 bits per heavy atom. The van der Waals surface area contributed by atoms with Gasteiger partial charge < -0.3 is 20.3 Å². The van der Waals surface area contributed by atoms with Crippen LogP contribution in [0.5, 0.6) is 0 Å². The first-order valence-electron chi connectivity index (χ1n) is 5.69.